The van der Waals surface area contributed by atoms with Crippen molar-refractivity contribution in [2.75, 3.05) is 13.2 Å². The molecule has 0 aliphatic carbocycles. The number of aryl methyl sites for hydroxylation is 1. The van der Waals surface area contributed by atoms with Crippen LogP contribution in [0.3, 0.4) is 0 Å². The molecule has 0 unspecified atom stereocenters. The molecule has 4 rings (SSSR count). The van der Waals surface area contributed by atoms with Crippen molar-refractivity contribution in [3.63, 3.8) is 0 Å². The maximum absolute atomic E-state index is 13.2. The van der Waals surface area contributed by atoms with Gasteiger partial charge in [-0.3, -0.25) is 9.20 Å². The molecule has 148 valence electrons. The van der Waals surface area contributed by atoms with Crippen LogP contribution in [0.4, 0.5) is 4.39 Å². The predicted octanol–water partition coefficient (Wildman–Crippen LogP) is 4.15. The van der Waals surface area contributed by atoms with E-state index in [1.165, 1.54) is 23.5 Å². The van der Waals surface area contributed by atoms with Gasteiger partial charge in [0.15, 0.2) is 4.96 Å². The number of hydrogen-bond acceptors (Lipinski definition) is 4. The molecule has 0 atom stereocenters. The van der Waals surface area contributed by atoms with Crippen LogP contribution in [0.5, 0.6) is 0 Å². The number of carbonyl (C=O) groups excluding carboxylic acids is 1. The molecule has 0 saturated carbocycles. The fourth-order valence-corrected chi connectivity index (χ4v) is 4.31. The van der Waals surface area contributed by atoms with E-state index >= 15 is 0 Å². The van der Waals surface area contributed by atoms with E-state index in [1.807, 2.05) is 47.9 Å². The number of aliphatic hydroxyl groups is 1. The first-order valence-corrected chi connectivity index (χ1v) is 10.1. The molecule has 0 aliphatic heterocycles. The van der Waals surface area contributed by atoms with E-state index in [1.54, 1.807) is 17.0 Å². The van der Waals surface area contributed by atoms with Crippen LogP contribution in [0.1, 0.15) is 20.9 Å². The molecule has 0 aliphatic rings. The first kappa shape index (κ1) is 19.3. The zero-order valence-corrected chi connectivity index (χ0v) is 16.7. The van der Waals surface area contributed by atoms with Gasteiger partial charge in [-0.05, 0) is 36.8 Å². The second-order valence-corrected chi connectivity index (χ2v) is 7.72. The Bertz CT molecular complexity index is 1140. The van der Waals surface area contributed by atoms with E-state index in [-0.39, 0.29) is 24.9 Å². The number of amides is 1. The van der Waals surface area contributed by atoms with Crippen molar-refractivity contribution in [2.45, 2.75) is 13.5 Å². The number of aromatic nitrogens is 2. The summed E-state index contributed by atoms with van der Waals surface area (Å²) >= 11 is 1.32. The summed E-state index contributed by atoms with van der Waals surface area (Å²) < 4.78 is 15.0. The molecule has 0 spiro atoms. The molecule has 29 heavy (non-hydrogen) atoms. The standard InChI is InChI=1S/C22H20FN3O2S/c1-15-20(21(28)25(11-12-27)13-16-5-3-2-4-6-16)29-22-24-19(14-26(15)22)17-7-9-18(23)10-8-17/h2-10,14,27H,11-13H2,1H3. The largest absolute Gasteiger partial charge is 0.395 e. The van der Waals surface area contributed by atoms with Crippen LogP contribution in [0.15, 0.2) is 60.8 Å². The quantitative estimate of drug-likeness (QED) is 0.521. The molecule has 2 heterocycles. The normalized spacial score (nSPS) is 11.1. The van der Waals surface area contributed by atoms with Gasteiger partial charge in [0.2, 0.25) is 0 Å². The van der Waals surface area contributed by atoms with E-state index in [2.05, 4.69) is 4.98 Å². The number of aliphatic hydroxyl groups excluding tert-OH is 1. The molecule has 0 bridgehead atoms. The first-order valence-electron chi connectivity index (χ1n) is 9.25. The summed E-state index contributed by atoms with van der Waals surface area (Å²) in [6.45, 7) is 2.47. The number of thiazole rings is 1. The minimum atomic E-state index is -0.291. The zero-order chi connectivity index (χ0) is 20.4. The SMILES string of the molecule is Cc1c(C(=O)N(CCO)Cc2ccccc2)sc2nc(-c3ccc(F)cc3)cn12. The molecule has 1 N–H and O–H groups in total. The minimum Gasteiger partial charge on any atom is -0.395 e. The maximum Gasteiger partial charge on any atom is 0.266 e. The lowest BCUT2D eigenvalue weighted by Gasteiger charge is -2.21. The molecule has 0 radical (unpaired) electrons. The maximum atomic E-state index is 13.2. The van der Waals surface area contributed by atoms with Crippen molar-refractivity contribution in [1.29, 1.82) is 0 Å². The molecule has 4 aromatic rings. The Kier molecular flexibility index (Phi) is 5.42. The number of hydrogen-bond donors (Lipinski definition) is 1. The molecule has 2 aromatic heterocycles. The lowest BCUT2D eigenvalue weighted by Crippen LogP contribution is -2.33. The van der Waals surface area contributed by atoms with Crippen LogP contribution in [0.25, 0.3) is 16.2 Å². The number of halogens is 1. The van der Waals surface area contributed by atoms with Gasteiger partial charge >= 0.3 is 0 Å². The predicted molar refractivity (Wildman–Crippen MR) is 111 cm³/mol. The average molecular weight is 409 g/mol. The summed E-state index contributed by atoms with van der Waals surface area (Å²) in [5, 5.41) is 9.43. The molecular weight excluding hydrogens is 389 g/mol. The smallest absolute Gasteiger partial charge is 0.266 e. The Morgan fingerprint density at radius 3 is 2.55 bits per heavy atom. The summed E-state index contributed by atoms with van der Waals surface area (Å²) in [6, 6.07) is 15.9. The topological polar surface area (TPSA) is 57.8 Å². The number of fused-ring (bicyclic) bond motifs is 1. The molecule has 2 aromatic carbocycles. The first-order chi connectivity index (χ1) is 14.1. The van der Waals surface area contributed by atoms with Gasteiger partial charge in [-0.25, -0.2) is 9.37 Å². The van der Waals surface area contributed by atoms with Crippen molar-refractivity contribution in [3.8, 4) is 11.3 Å². The van der Waals surface area contributed by atoms with Crippen molar-refractivity contribution < 1.29 is 14.3 Å². The number of benzene rings is 2. The zero-order valence-electron chi connectivity index (χ0n) is 15.9. The molecule has 7 heteroatoms. The lowest BCUT2D eigenvalue weighted by molar-refractivity contribution is 0.0711. The van der Waals surface area contributed by atoms with Gasteiger partial charge in [-0.2, -0.15) is 0 Å². The number of imidazole rings is 1. The van der Waals surface area contributed by atoms with E-state index in [4.69, 9.17) is 0 Å². The minimum absolute atomic E-state index is 0.102. The van der Waals surface area contributed by atoms with E-state index in [0.29, 0.717) is 16.4 Å². The summed E-state index contributed by atoms with van der Waals surface area (Å²) in [5.74, 6) is -0.416. The van der Waals surface area contributed by atoms with Gasteiger partial charge in [0.25, 0.3) is 5.91 Å². The van der Waals surface area contributed by atoms with Gasteiger partial charge in [-0.1, -0.05) is 41.7 Å². The summed E-state index contributed by atoms with van der Waals surface area (Å²) in [6.07, 6.45) is 1.86. The Labute approximate surface area is 171 Å². The Hall–Kier alpha value is -3.03. The van der Waals surface area contributed by atoms with E-state index in [9.17, 15) is 14.3 Å². The Morgan fingerprint density at radius 1 is 1.17 bits per heavy atom. The monoisotopic (exact) mass is 409 g/mol. The highest BCUT2D eigenvalue weighted by molar-refractivity contribution is 7.19. The van der Waals surface area contributed by atoms with Crippen molar-refractivity contribution >= 4 is 22.2 Å². The molecular formula is C22H20FN3O2S. The summed E-state index contributed by atoms with van der Waals surface area (Å²) in [4.78, 5) is 20.7. The molecule has 0 saturated heterocycles. The highest BCUT2D eigenvalue weighted by atomic mass is 32.1. The van der Waals surface area contributed by atoms with Crippen LogP contribution >= 0.6 is 11.3 Å². The van der Waals surface area contributed by atoms with E-state index < -0.39 is 0 Å². The molecule has 1 amide bonds. The van der Waals surface area contributed by atoms with Gasteiger partial charge in [0.05, 0.1) is 12.3 Å². The summed E-state index contributed by atoms with van der Waals surface area (Å²) in [5.41, 5.74) is 3.36. The average Bonchev–Trinajstić information content (AvgIpc) is 3.28. The third-order valence-electron chi connectivity index (χ3n) is 4.76. The van der Waals surface area contributed by atoms with Crippen molar-refractivity contribution in [2.24, 2.45) is 0 Å². The fourth-order valence-electron chi connectivity index (χ4n) is 3.23. The van der Waals surface area contributed by atoms with Crippen LogP contribution in [0.2, 0.25) is 0 Å². The second kappa shape index (κ2) is 8.14. The Morgan fingerprint density at radius 2 is 1.90 bits per heavy atom. The van der Waals surface area contributed by atoms with Crippen LogP contribution < -0.4 is 0 Å². The number of carbonyl (C=O) groups is 1. The van der Waals surface area contributed by atoms with Gasteiger partial charge in [0, 0.05) is 30.5 Å². The lowest BCUT2D eigenvalue weighted by atomic mass is 10.2. The Balaban J connectivity index is 1.63. The van der Waals surface area contributed by atoms with Gasteiger partial charge < -0.3 is 10.0 Å². The second-order valence-electron chi connectivity index (χ2n) is 6.74. The van der Waals surface area contributed by atoms with Crippen LogP contribution in [-0.4, -0.2) is 38.4 Å². The van der Waals surface area contributed by atoms with Crippen molar-refractivity contribution in [3.05, 3.63) is 82.7 Å². The fraction of sp³-hybridized carbons (Fsp3) is 0.182. The van der Waals surface area contributed by atoms with Gasteiger partial charge in [-0.15, -0.1) is 0 Å². The van der Waals surface area contributed by atoms with E-state index in [0.717, 1.165) is 22.5 Å². The van der Waals surface area contributed by atoms with Crippen molar-refractivity contribution in [1.82, 2.24) is 14.3 Å². The highest BCUT2D eigenvalue weighted by Gasteiger charge is 2.23. The number of nitrogens with zero attached hydrogens (tertiary/aromatic N) is 3. The third-order valence-corrected chi connectivity index (χ3v) is 5.91. The highest BCUT2D eigenvalue weighted by Crippen LogP contribution is 2.28. The molecule has 0 fully saturated rings. The van der Waals surface area contributed by atoms with Crippen LogP contribution in [0, 0.1) is 12.7 Å². The molecule has 5 nitrogen and oxygen atoms in total. The van der Waals surface area contributed by atoms with Gasteiger partial charge in [0.1, 0.15) is 10.7 Å². The summed E-state index contributed by atoms with van der Waals surface area (Å²) in [7, 11) is 0. The third kappa shape index (κ3) is 3.92. The van der Waals surface area contributed by atoms with Crippen LogP contribution in [-0.2, 0) is 6.54 Å². The number of rotatable bonds is 6.